The van der Waals surface area contributed by atoms with E-state index in [4.69, 9.17) is 9.47 Å². The van der Waals surface area contributed by atoms with Gasteiger partial charge in [-0.25, -0.2) is 0 Å². The first kappa shape index (κ1) is 14.7. The third-order valence-electron chi connectivity index (χ3n) is 4.41. The number of hydrogen-bond donors (Lipinski definition) is 2. The van der Waals surface area contributed by atoms with Crippen molar-refractivity contribution < 1.29 is 14.3 Å². The predicted octanol–water partition coefficient (Wildman–Crippen LogP) is 2.68. The van der Waals surface area contributed by atoms with Crippen LogP contribution in [0.2, 0.25) is 0 Å². The summed E-state index contributed by atoms with van der Waals surface area (Å²) in [4.78, 5) is 11.4. The van der Waals surface area contributed by atoms with Gasteiger partial charge in [-0.15, -0.1) is 0 Å². The molecule has 3 rings (SSSR count). The van der Waals surface area contributed by atoms with Gasteiger partial charge in [0.1, 0.15) is 5.75 Å². The molecule has 2 aliphatic rings. The smallest absolute Gasteiger partial charge is 0.224 e. The molecule has 21 heavy (non-hydrogen) atoms. The van der Waals surface area contributed by atoms with Gasteiger partial charge in [0.05, 0.1) is 6.61 Å². The van der Waals surface area contributed by atoms with Crippen molar-refractivity contribution >= 4 is 24.2 Å². The second kappa shape index (κ2) is 6.28. The van der Waals surface area contributed by atoms with E-state index in [2.05, 4.69) is 17.9 Å². The van der Waals surface area contributed by atoms with Gasteiger partial charge in [-0.05, 0) is 48.8 Å². The molecule has 4 nitrogen and oxygen atoms in total. The highest BCUT2D eigenvalue weighted by Crippen LogP contribution is 2.33. The van der Waals surface area contributed by atoms with E-state index in [1.807, 2.05) is 18.2 Å². The summed E-state index contributed by atoms with van der Waals surface area (Å²) in [7, 11) is 0. The number of ether oxygens (including phenoxy) is 2. The van der Waals surface area contributed by atoms with E-state index in [-0.39, 0.29) is 11.3 Å². The molecule has 0 atom stereocenters. The topological polar surface area (TPSA) is 47.6 Å². The van der Waals surface area contributed by atoms with Crippen molar-refractivity contribution in [1.82, 2.24) is 0 Å². The Bertz CT molecular complexity index is 526. The lowest BCUT2D eigenvalue weighted by Crippen LogP contribution is -2.36. The van der Waals surface area contributed by atoms with Crippen molar-refractivity contribution in [1.29, 1.82) is 0 Å². The second-order valence-corrected chi connectivity index (χ2v) is 6.24. The van der Waals surface area contributed by atoms with E-state index in [0.717, 1.165) is 55.2 Å². The Kier molecular flexibility index (Phi) is 4.40. The lowest BCUT2D eigenvalue weighted by Gasteiger charge is -2.35. The molecule has 0 aliphatic carbocycles. The largest absolute Gasteiger partial charge is 0.493 e. The van der Waals surface area contributed by atoms with E-state index in [9.17, 15) is 4.79 Å². The van der Waals surface area contributed by atoms with Crippen molar-refractivity contribution in [2.24, 2.45) is 5.41 Å². The SMILES string of the molecule is O=C1CCc2cc(OCC3(CS)CCOCC3)ccc2N1. The molecule has 0 unspecified atom stereocenters. The van der Waals surface area contributed by atoms with E-state index in [0.29, 0.717) is 13.0 Å². The molecule has 0 spiro atoms. The predicted molar refractivity (Wildman–Crippen MR) is 85.2 cm³/mol. The first-order valence-corrected chi connectivity index (χ1v) is 8.08. The Morgan fingerprint density at radius 1 is 1.29 bits per heavy atom. The van der Waals surface area contributed by atoms with Crippen molar-refractivity contribution in [3.05, 3.63) is 23.8 Å². The number of aryl methyl sites for hydroxylation is 1. The van der Waals surface area contributed by atoms with Crippen molar-refractivity contribution in [3.8, 4) is 5.75 Å². The Balaban J connectivity index is 1.66. The summed E-state index contributed by atoms with van der Waals surface area (Å²) in [5.41, 5.74) is 2.18. The lowest BCUT2D eigenvalue weighted by molar-refractivity contribution is -0.116. The number of rotatable bonds is 4. The average Bonchev–Trinajstić information content (AvgIpc) is 2.54. The van der Waals surface area contributed by atoms with Crippen LogP contribution in [-0.2, 0) is 16.0 Å². The third kappa shape index (κ3) is 3.35. The third-order valence-corrected chi connectivity index (χ3v) is 5.08. The number of carbonyl (C=O) groups is 1. The van der Waals surface area contributed by atoms with Gasteiger partial charge in [0.15, 0.2) is 0 Å². The summed E-state index contributed by atoms with van der Waals surface area (Å²) in [6, 6.07) is 5.90. The van der Waals surface area contributed by atoms with Crippen LogP contribution in [0.25, 0.3) is 0 Å². The number of amides is 1. The standard InChI is InChI=1S/C16H21NO3S/c18-15-4-1-12-9-13(2-3-14(12)17-15)20-10-16(11-21)5-7-19-8-6-16/h2-3,9,21H,1,4-8,10-11H2,(H,17,18). The molecule has 1 saturated heterocycles. The zero-order chi connectivity index (χ0) is 14.7. The summed E-state index contributed by atoms with van der Waals surface area (Å²) in [5.74, 6) is 1.78. The first-order chi connectivity index (χ1) is 10.2. The van der Waals surface area contributed by atoms with Crippen LogP contribution in [-0.4, -0.2) is 31.5 Å². The quantitative estimate of drug-likeness (QED) is 0.841. The van der Waals surface area contributed by atoms with E-state index in [1.165, 1.54) is 0 Å². The molecule has 1 fully saturated rings. The van der Waals surface area contributed by atoms with Crippen LogP contribution < -0.4 is 10.1 Å². The molecule has 1 aromatic carbocycles. The molecule has 5 heteroatoms. The molecule has 2 aliphatic heterocycles. The van der Waals surface area contributed by atoms with Crippen molar-refractivity contribution in [3.63, 3.8) is 0 Å². The number of thiol groups is 1. The van der Waals surface area contributed by atoms with Crippen LogP contribution in [0.5, 0.6) is 5.75 Å². The molecule has 0 radical (unpaired) electrons. The number of anilines is 1. The highest BCUT2D eigenvalue weighted by atomic mass is 32.1. The van der Waals surface area contributed by atoms with Crippen LogP contribution in [0, 0.1) is 5.41 Å². The Labute approximate surface area is 130 Å². The molecule has 2 heterocycles. The van der Waals surface area contributed by atoms with Crippen LogP contribution in [0.1, 0.15) is 24.8 Å². The molecule has 1 aromatic rings. The molecule has 1 N–H and O–H groups in total. The fraction of sp³-hybridized carbons (Fsp3) is 0.562. The second-order valence-electron chi connectivity index (χ2n) is 5.93. The van der Waals surface area contributed by atoms with Gasteiger partial charge in [0.25, 0.3) is 0 Å². The highest BCUT2D eigenvalue weighted by Gasteiger charge is 2.32. The fourth-order valence-electron chi connectivity index (χ4n) is 2.84. The van der Waals surface area contributed by atoms with Crippen molar-refractivity contribution in [2.75, 3.05) is 30.9 Å². The molecule has 0 bridgehead atoms. The van der Waals surface area contributed by atoms with Crippen molar-refractivity contribution in [2.45, 2.75) is 25.7 Å². The maximum Gasteiger partial charge on any atom is 0.224 e. The molecular weight excluding hydrogens is 286 g/mol. The Hall–Kier alpha value is -1.20. The summed E-state index contributed by atoms with van der Waals surface area (Å²) >= 11 is 4.50. The minimum atomic E-state index is 0.0902. The number of fused-ring (bicyclic) bond motifs is 1. The Morgan fingerprint density at radius 3 is 2.86 bits per heavy atom. The zero-order valence-electron chi connectivity index (χ0n) is 12.1. The number of benzene rings is 1. The first-order valence-electron chi connectivity index (χ1n) is 7.45. The van der Waals surface area contributed by atoms with Crippen LogP contribution in [0.3, 0.4) is 0 Å². The van der Waals surface area contributed by atoms with Gasteiger partial charge in [0.2, 0.25) is 5.91 Å². The van der Waals surface area contributed by atoms with Gasteiger partial charge >= 0.3 is 0 Å². The molecule has 1 amide bonds. The summed E-state index contributed by atoms with van der Waals surface area (Å²) < 4.78 is 11.4. The normalized spacial score (nSPS) is 20.5. The molecular formula is C16H21NO3S. The van der Waals surface area contributed by atoms with E-state index < -0.39 is 0 Å². The summed E-state index contributed by atoms with van der Waals surface area (Å²) in [5, 5.41) is 2.89. The monoisotopic (exact) mass is 307 g/mol. The number of hydrogen-bond acceptors (Lipinski definition) is 4. The van der Waals surface area contributed by atoms with Crippen LogP contribution in [0.15, 0.2) is 18.2 Å². The highest BCUT2D eigenvalue weighted by molar-refractivity contribution is 7.80. The van der Waals surface area contributed by atoms with Gasteiger partial charge in [-0.1, -0.05) is 0 Å². The average molecular weight is 307 g/mol. The van der Waals surface area contributed by atoms with Crippen LogP contribution in [0.4, 0.5) is 5.69 Å². The summed E-state index contributed by atoms with van der Waals surface area (Å²) in [6.45, 7) is 2.26. The number of carbonyl (C=O) groups excluding carboxylic acids is 1. The number of nitrogens with one attached hydrogen (secondary N) is 1. The fourth-order valence-corrected chi connectivity index (χ4v) is 3.25. The zero-order valence-corrected chi connectivity index (χ0v) is 13.0. The maximum atomic E-state index is 11.4. The molecule has 0 saturated carbocycles. The minimum Gasteiger partial charge on any atom is -0.493 e. The summed E-state index contributed by atoms with van der Waals surface area (Å²) in [6.07, 6.45) is 3.33. The Morgan fingerprint density at radius 2 is 2.10 bits per heavy atom. The van der Waals surface area contributed by atoms with Gasteiger partial charge in [-0.3, -0.25) is 4.79 Å². The lowest BCUT2D eigenvalue weighted by atomic mass is 9.83. The van der Waals surface area contributed by atoms with Gasteiger partial charge < -0.3 is 14.8 Å². The van der Waals surface area contributed by atoms with E-state index >= 15 is 0 Å². The molecule has 0 aromatic heterocycles. The van der Waals surface area contributed by atoms with Crippen LogP contribution >= 0.6 is 12.6 Å². The molecule has 114 valence electrons. The van der Waals surface area contributed by atoms with Gasteiger partial charge in [0, 0.05) is 30.7 Å². The maximum absolute atomic E-state index is 11.4. The minimum absolute atomic E-state index is 0.0902. The van der Waals surface area contributed by atoms with E-state index in [1.54, 1.807) is 0 Å². The van der Waals surface area contributed by atoms with Gasteiger partial charge in [-0.2, -0.15) is 12.6 Å².